The fourth-order valence-corrected chi connectivity index (χ4v) is 9.34. The number of carbonyl (C=O) groups excluding carboxylic acids is 3. The predicted molar refractivity (Wildman–Crippen MR) is 233 cm³/mol. The van der Waals surface area contributed by atoms with E-state index in [0.29, 0.717) is 42.0 Å². The molecule has 0 unspecified atom stereocenters. The summed E-state index contributed by atoms with van der Waals surface area (Å²) in [6.45, 7) is 4.31. The van der Waals surface area contributed by atoms with Crippen molar-refractivity contribution in [2.45, 2.75) is 154 Å². The number of hydrogen-bond acceptors (Lipinski definition) is 3. The van der Waals surface area contributed by atoms with Gasteiger partial charge in [0.1, 0.15) is 17.3 Å². The third-order valence-corrected chi connectivity index (χ3v) is 13.1. The van der Waals surface area contributed by atoms with Crippen LogP contribution in [0, 0.1) is 11.8 Å². The maximum atomic E-state index is 12.7. The van der Waals surface area contributed by atoms with E-state index in [1.165, 1.54) is 44.5 Å². The van der Waals surface area contributed by atoms with Crippen LogP contribution in [0.25, 0.3) is 22.3 Å². The Labute approximate surface area is 338 Å². The van der Waals surface area contributed by atoms with Crippen LogP contribution < -0.4 is 0 Å². The minimum Gasteiger partial charge on any atom is -0.300 e. The molecule has 4 aromatic carbocycles. The van der Waals surface area contributed by atoms with Gasteiger partial charge in [0.05, 0.1) is 0 Å². The highest BCUT2D eigenvalue weighted by Crippen LogP contribution is 2.39. The number of carbonyl (C=O) groups is 3. The molecule has 3 heteroatoms. The summed E-state index contributed by atoms with van der Waals surface area (Å²) < 4.78 is 0. The first-order chi connectivity index (χ1) is 27.4. The molecule has 0 heterocycles. The Hall–Kier alpha value is -4.11. The van der Waals surface area contributed by atoms with Crippen LogP contribution in [-0.4, -0.2) is 17.3 Å². The van der Waals surface area contributed by atoms with E-state index in [1.807, 2.05) is 0 Å². The van der Waals surface area contributed by atoms with Crippen molar-refractivity contribution >= 4 is 17.3 Å². The molecule has 6 rings (SSSR count). The number of aryl methyl sites for hydroxylation is 2. The second kappa shape index (κ2) is 21.4. The molecule has 56 heavy (non-hydrogen) atoms. The van der Waals surface area contributed by atoms with Crippen LogP contribution in [-0.2, 0) is 27.2 Å². The average molecular weight is 751 g/mol. The number of hydrogen-bond donors (Lipinski definition) is 0. The molecule has 0 aromatic heterocycles. The van der Waals surface area contributed by atoms with Crippen LogP contribution >= 0.6 is 0 Å². The summed E-state index contributed by atoms with van der Waals surface area (Å²) in [5.74, 6) is 3.07. The topological polar surface area (TPSA) is 51.2 Å². The van der Waals surface area contributed by atoms with Gasteiger partial charge in [-0.05, 0) is 146 Å². The standard InChI is InChI=1S/C53H66O3/c1-3-5-13-52(55)49-35-31-47(32-36-49)45-27-23-43(24-28-45)41-19-15-39(16-20-41)9-7-11-51(54)12-8-10-40-17-21-42(22-18-40)44-25-29-46(30-26-44)48-33-37-50(38-34-48)53(56)14-6-4-2/h15-30,47-50H,3-14,31-38H2,1-2H3/t47-,48?,49-,50?. The molecular weight excluding hydrogens is 685 g/mol. The molecule has 2 aliphatic carbocycles. The minimum atomic E-state index is 0.288. The largest absolute Gasteiger partial charge is 0.300 e. The fraction of sp³-hybridized carbons (Fsp3) is 0.491. The molecule has 296 valence electrons. The molecule has 0 spiro atoms. The van der Waals surface area contributed by atoms with E-state index in [0.717, 1.165) is 116 Å². The first-order valence-electron chi connectivity index (χ1n) is 22.4. The smallest absolute Gasteiger partial charge is 0.135 e. The van der Waals surface area contributed by atoms with Crippen LogP contribution in [0.4, 0.5) is 0 Å². The number of benzene rings is 4. The summed E-state index contributed by atoms with van der Waals surface area (Å²) in [4.78, 5) is 37.7. The van der Waals surface area contributed by atoms with Gasteiger partial charge in [-0.2, -0.15) is 0 Å². The molecule has 0 radical (unpaired) electrons. The lowest BCUT2D eigenvalue weighted by Gasteiger charge is -2.28. The Kier molecular flexibility index (Phi) is 15.9. The van der Waals surface area contributed by atoms with E-state index >= 15 is 0 Å². The first kappa shape index (κ1) is 41.5. The summed E-state index contributed by atoms with van der Waals surface area (Å²) in [6.07, 6.45) is 19.4. The fourth-order valence-electron chi connectivity index (χ4n) is 9.34. The van der Waals surface area contributed by atoms with Crippen molar-refractivity contribution in [1.82, 2.24) is 0 Å². The van der Waals surface area contributed by atoms with Gasteiger partial charge in [-0.1, -0.05) is 124 Å². The first-order valence-corrected chi connectivity index (χ1v) is 22.4. The number of rotatable bonds is 20. The Morgan fingerprint density at radius 2 is 0.732 bits per heavy atom. The zero-order valence-electron chi connectivity index (χ0n) is 34.4. The van der Waals surface area contributed by atoms with Crippen molar-refractivity contribution in [2.75, 3.05) is 0 Å². The van der Waals surface area contributed by atoms with Gasteiger partial charge in [0.2, 0.25) is 0 Å². The molecule has 0 bridgehead atoms. The Bertz CT molecular complexity index is 1670. The second-order valence-electron chi connectivity index (χ2n) is 17.1. The molecule has 3 nitrogen and oxygen atoms in total. The minimum absolute atomic E-state index is 0.288. The highest BCUT2D eigenvalue weighted by molar-refractivity contribution is 5.81. The van der Waals surface area contributed by atoms with Gasteiger partial charge in [-0.15, -0.1) is 0 Å². The van der Waals surface area contributed by atoms with Crippen LogP contribution in [0.5, 0.6) is 0 Å². The van der Waals surface area contributed by atoms with Crippen LogP contribution in [0.1, 0.15) is 164 Å². The van der Waals surface area contributed by atoms with Gasteiger partial charge in [0, 0.05) is 37.5 Å². The lowest BCUT2D eigenvalue weighted by molar-refractivity contribution is -0.124. The highest BCUT2D eigenvalue weighted by Gasteiger charge is 2.27. The zero-order chi connectivity index (χ0) is 39.1. The Balaban J connectivity index is 0.860. The molecule has 0 N–H and O–H groups in total. The van der Waals surface area contributed by atoms with Crippen molar-refractivity contribution in [2.24, 2.45) is 11.8 Å². The highest BCUT2D eigenvalue weighted by atomic mass is 16.1. The van der Waals surface area contributed by atoms with Crippen LogP contribution in [0.15, 0.2) is 97.1 Å². The van der Waals surface area contributed by atoms with Gasteiger partial charge in [0.25, 0.3) is 0 Å². The zero-order valence-corrected chi connectivity index (χ0v) is 34.4. The van der Waals surface area contributed by atoms with E-state index in [1.54, 1.807) is 0 Å². The maximum Gasteiger partial charge on any atom is 0.135 e. The molecule has 2 aliphatic rings. The van der Waals surface area contributed by atoms with E-state index in [4.69, 9.17) is 0 Å². The Morgan fingerprint density at radius 1 is 0.411 bits per heavy atom. The number of unbranched alkanes of at least 4 members (excludes halogenated alkanes) is 2. The number of Topliss-reactive ketones (excluding diaryl/α,β-unsaturated/α-hetero) is 3. The summed E-state index contributed by atoms with van der Waals surface area (Å²) >= 11 is 0. The van der Waals surface area contributed by atoms with Crippen molar-refractivity contribution in [3.63, 3.8) is 0 Å². The summed E-state index contributed by atoms with van der Waals surface area (Å²) in [6, 6.07) is 35.9. The molecule has 2 saturated carbocycles. The third-order valence-electron chi connectivity index (χ3n) is 13.1. The van der Waals surface area contributed by atoms with Gasteiger partial charge in [-0.25, -0.2) is 0 Å². The van der Waals surface area contributed by atoms with Gasteiger partial charge < -0.3 is 0 Å². The molecule has 4 aromatic rings. The SMILES string of the molecule is CCCCC(=O)C1CCC(c2ccc(-c3ccc(CCCC(=O)CCCc4ccc(-c5ccc([C@H]6CC[C@H](C(=O)CCCC)CC6)cc5)cc4)cc3)cc2)CC1. The maximum absolute atomic E-state index is 12.7. The Morgan fingerprint density at radius 3 is 1.05 bits per heavy atom. The lowest BCUT2D eigenvalue weighted by atomic mass is 9.76. The molecule has 0 aliphatic heterocycles. The van der Waals surface area contributed by atoms with Gasteiger partial charge in [-0.3, -0.25) is 14.4 Å². The van der Waals surface area contributed by atoms with E-state index in [-0.39, 0.29) is 11.8 Å². The summed E-state index contributed by atoms with van der Waals surface area (Å²) in [5.41, 5.74) is 10.3. The molecule has 0 atom stereocenters. The molecule has 0 saturated heterocycles. The quantitative estimate of drug-likeness (QED) is 0.0904. The van der Waals surface area contributed by atoms with Crippen molar-refractivity contribution in [3.8, 4) is 22.3 Å². The molecule has 2 fully saturated rings. The normalized spacial score (nSPS) is 19.8. The number of ketones is 3. The lowest BCUT2D eigenvalue weighted by Crippen LogP contribution is -2.21. The van der Waals surface area contributed by atoms with Crippen molar-refractivity contribution in [3.05, 3.63) is 119 Å². The average Bonchev–Trinajstić information content (AvgIpc) is 3.25. The van der Waals surface area contributed by atoms with E-state index in [9.17, 15) is 14.4 Å². The van der Waals surface area contributed by atoms with Crippen LogP contribution in [0.2, 0.25) is 0 Å². The van der Waals surface area contributed by atoms with Crippen LogP contribution in [0.3, 0.4) is 0 Å². The van der Waals surface area contributed by atoms with Crippen molar-refractivity contribution < 1.29 is 14.4 Å². The van der Waals surface area contributed by atoms with Crippen molar-refractivity contribution in [1.29, 1.82) is 0 Å². The summed E-state index contributed by atoms with van der Waals surface area (Å²) in [7, 11) is 0. The predicted octanol–water partition coefficient (Wildman–Crippen LogP) is 14.0. The molecular formula is C53H66O3. The monoisotopic (exact) mass is 751 g/mol. The third kappa shape index (κ3) is 12.0. The summed E-state index contributed by atoms with van der Waals surface area (Å²) in [5, 5.41) is 0. The van der Waals surface area contributed by atoms with E-state index in [2.05, 4.69) is 111 Å². The van der Waals surface area contributed by atoms with Gasteiger partial charge in [0.15, 0.2) is 0 Å². The molecule has 0 amide bonds. The van der Waals surface area contributed by atoms with Gasteiger partial charge >= 0.3 is 0 Å². The second-order valence-corrected chi connectivity index (χ2v) is 17.1. The van der Waals surface area contributed by atoms with E-state index < -0.39 is 0 Å².